The molecule has 1 fully saturated rings. The van der Waals surface area contributed by atoms with E-state index in [0.29, 0.717) is 10.7 Å². The molecule has 7 nitrogen and oxygen atoms in total. The zero-order valence-corrected chi connectivity index (χ0v) is 15.6. The molecular weight excluding hydrogens is 376 g/mol. The van der Waals surface area contributed by atoms with Crippen molar-refractivity contribution in [1.82, 2.24) is 9.97 Å². The highest BCUT2D eigenvalue weighted by molar-refractivity contribution is 8.00. The largest absolute Gasteiger partial charge is 0.369 e. The minimum atomic E-state index is -0.575. The maximum atomic E-state index is 12.3. The molecule has 2 aromatic rings. The molecule has 0 atom stereocenters. The van der Waals surface area contributed by atoms with Crippen LogP contribution in [0.3, 0.4) is 0 Å². The van der Waals surface area contributed by atoms with Crippen molar-refractivity contribution in [3.05, 3.63) is 50.3 Å². The summed E-state index contributed by atoms with van der Waals surface area (Å²) >= 11 is 7.43. The lowest BCUT2D eigenvalue weighted by molar-refractivity contribution is -0.113. The van der Waals surface area contributed by atoms with Gasteiger partial charge < -0.3 is 15.2 Å². The molecule has 1 saturated heterocycles. The highest BCUT2D eigenvalue weighted by atomic mass is 35.5. The molecule has 0 bridgehead atoms. The Balaban J connectivity index is 1.70. The van der Waals surface area contributed by atoms with Crippen molar-refractivity contribution < 1.29 is 4.79 Å². The zero-order chi connectivity index (χ0) is 18.5. The second kappa shape index (κ2) is 8.46. The number of carbonyl (C=O) groups is 1. The van der Waals surface area contributed by atoms with Gasteiger partial charge in [-0.15, -0.1) is 11.8 Å². The van der Waals surface area contributed by atoms with Gasteiger partial charge in [0.15, 0.2) is 0 Å². The van der Waals surface area contributed by atoms with Crippen molar-refractivity contribution in [1.29, 1.82) is 0 Å². The Kier molecular flexibility index (Phi) is 6.05. The summed E-state index contributed by atoms with van der Waals surface area (Å²) in [6.07, 6.45) is 4.71. The lowest BCUT2D eigenvalue weighted by Crippen LogP contribution is -2.31. The molecule has 1 aliphatic rings. The molecule has 1 aromatic carbocycles. The predicted octanol–water partition coefficient (Wildman–Crippen LogP) is 2.44. The molecule has 0 spiro atoms. The van der Waals surface area contributed by atoms with Gasteiger partial charge in [0, 0.05) is 19.3 Å². The average Bonchev–Trinajstić information content (AvgIpc) is 2.62. The summed E-state index contributed by atoms with van der Waals surface area (Å²) in [5.74, 6) is -0.206. The fourth-order valence-electron chi connectivity index (χ4n) is 2.89. The summed E-state index contributed by atoms with van der Waals surface area (Å²) in [5, 5.41) is 3.49. The normalized spacial score (nSPS) is 14.3. The quantitative estimate of drug-likeness (QED) is 0.676. The number of nitrogens with one attached hydrogen (secondary N) is 3. The first-order valence-corrected chi connectivity index (χ1v) is 9.69. The Bertz CT molecular complexity index is 905. The van der Waals surface area contributed by atoms with Crippen LogP contribution in [0.4, 0.5) is 11.4 Å². The van der Waals surface area contributed by atoms with Crippen LogP contribution in [0.1, 0.15) is 19.3 Å². The minimum absolute atomic E-state index is 0.0427. The SMILES string of the molecule is O=C(CSc1c[nH]c(=O)[nH]c1=O)Nc1cccc(Cl)c1N1CCCCC1. The number of aromatic nitrogens is 2. The van der Waals surface area contributed by atoms with Gasteiger partial charge in [0.05, 0.1) is 27.0 Å². The predicted molar refractivity (Wildman–Crippen MR) is 105 cm³/mol. The third kappa shape index (κ3) is 4.50. The second-order valence-corrected chi connectivity index (χ2v) is 7.38. The number of para-hydroxylation sites is 1. The number of piperidine rings is 1. The van der Waals surface area contributed by atoms with E-state index in [1.807, 2.05) is 12.1 Å². The maximum Gasteiger partial charge on any atom is 0.325 e. The molecule has 0 saturated carbocycles. The summed E-state index contributed by atoms with van der Waals surface area (Å²) < 4.78 is 0. The van der Waals surface area contributed by atoms with Crippen LogP contribution in [0, 0.1) is 0 Å². The van der Waals surface area contributed by atoms with Crippen molar-refractivity contribution in [3.8, 4) is 0 Å². The van der Waals surface area contributed by atoms with E-state index < -0.39 is 11.2 Å². The average molecular weight is 395 g/mol. The molecule has 26 heavy (non-hydrogen) atoms. The van der Waals surface area contributed by atoms with Crippen LogP contribution in [0.25, 0.3) is 0 Å². The lowest BCUT2D eigenvalue weighted by Gasteiger charge is -2.31. The van der Waals surface area contributed by atoms with Gasteiger partial charge in [0.25, 0.3) is 5.56 Å². The van der Waals surface area contributed by atoms with Gasteiger partial charge >= 0.3 is 5.69 Å². The molecule has 3 N–H and O–H groups in total. The highest BCUT2D eigenvalue weighted by Crippen LogP contribution is 2.35. The molecule has 1 amide bonds. The minimum Gasteiger partial charge on any atom is -0.369 e. The van der Waals surface area contributed by atoms with E-state index in [1.54, 1.807) is 6.07 Å². The monoisotopic (exact) mass is 394 g/mol. The van der Waals surface area contributed by atoms with E-state index in [4.69, 9.17) is 11.6 Å². The van der Waals surface area contributed by atoms with Crippen LogP contribution >= 0.6 is 23.4 Å². The second-order valence-electron chi connectivity index (χ2n) is 5.96. The highest BCUT2D eigenvalue weighted by Gasteiger charge is 2.19. The lowest BCUT2D eigenvalue weighted by atomic mass is 10.1. The van der Waals surface area contributed by atoms with Gasteiger partial charge in [-0.25, -0.2) is 4.79 Å². The molecule has 0 aliphatic carbocycles. The summed E-state index contributed by atoms with van der Waals surface area (Å²) in [6, 6.07) is 5.44. The van der Waals surface area contributed by atoms with Crippen LogP contribution in [0.15, 0.2) is 38.9 Å². The first-order chi connectivity index (χ1) is 12.5. The number of anilines is 2. The van der Waals surface area contributed by atoms with Crippen molar-refractivity contribution in [2.45, 2.75) is 24.2 Å². The number of benzene rings is 1. The molecule has 1 aromatic heterocycles. The summed E-state index contributed by atoms with van der Waals surface area (Å²) in [4.78, 5) is 42.0. The van der Waals surface area contributed by atoms with E-state index in [1.165, 1.54) is 12.6 Å². The fraction of sp³-hybridized carbons (Fsp3) is 0.353. The molecule has 9 heteroatoms. The number of hydrogen-bond acceptors (Lipinski definition) is 5. The van der Waals surface area contributed by atoms with Crippen molar-refractivity contribution in [2.75, 3.05) is 29.1 Å². The van der Waals surface area contributed by atoms with E-state index in [-0.39, 0.29) is 16.6 Å². The molecular formula is C17H19ClN4O3S. The summed E-state index contributed by atoms with van der Waals surface area (Å²) in [5.41, 5.74) is 0.423. The van der Waals surface area contributed by atoms with Gasteiger partial charge in [0.1, 0.15) is 0 Å². The topological polar surface area (TPSA) is 98.1 Å². The molecule has 0 radical (unpaired) electrons. The smallest absolute Gasteiger partial charge is 0.325 e. The number of halogens is 1. The number of aromatic amines is 2. The number of nitrogens with zero attached hydrogens (tertiary/aromatic N) is 1. The maximum absolute atomic E-state index is 12.3. The van der Waals surface area contributed by atoms with Crippen molar-refractivity contribution in [2.24, 2.45) is 0 Å². The van der Waals surface area contributed by atoms with E-state index in [9.17, 15) is 14.4 Å². The first-order valence-electron chi connectivity index (χ1n) is 8.33. The number of rotatable bonds is 5. The van der Waals surface area contributed by atoms with E-state index in [0.717, 1.165) is 43.4 Å². The fourth-order valence-corrected chi connectivity index (χ4v) is 3.87. The van der Waals surface area contributed by atoms with Crippen LogP contribution < -0.4 is 21.5 Å². The van der Waals surface area contributed by atoms with Crippen molar-refractivity contribution >= 4 is 40.6 Å². The Labute approximate surface area is 159 Å². The Morgan fingerprint density at radius 2 is 2.00 bits per heavy atom. The number of amides is 1. The van der Waals surface area contributed by atoms with Crippen LogP contribution in [0.2, 0.25) is 5.02 Å². The number of thioether (sulfide) groups is 1. The number of carbonyl (C=O) groups excluding carboxylic acids is 1. The molecule has 0 unspecified atom stereocenters. The zero-order valence-electron chi connectivity index (χ0n) is 14.0. The molecule has 1 aliphatic heterocycles. The van der Waals surface area contributed by atoms with Gasteiger partial charge in [-0.05, 0) is 31.4 Å². The summed E-state index contributed by atoms with van der Waals surface area (Å²) in [6.45, 7) is 1.82. The Morgan fingerprint density at radius 3 is 2.73 bits per heavy atom. The first kappa shape index (κ1) is 18.6. The standard InChI is InChI=1S/C17H19ClN4O3S/c18-11-5-4-6-12(15(11)22-7-2-1-3-8-22)20-14(23)10-26-13-9-19-17(25)21-16(13)24/h4-6,9H,1-3,7-8,10H2,(H,20,23)(H2,19,21,24,25). The van der Waals surface area contributed by atoms with E-state index >= 15 is 0 Å². The third-order valence-corrected chi connectivity index (χ3v) is 5.40. The molecule has 2 heterocycles. The number of hydrogen-bond donors (Lipinski definition) is 3. The van der Waals surface area contributed by atoms with Gasteiger partial charge in [-0.1, -0.05) is 17.7 Å². The van der Waals surface area contributed by atoms with Gasteiger partial charge in [-0.2, -0.15) is 0 Å². The molecule has 138 valence electrons. The number of H-pyrrole nitrogens is 2. The molecule has 3 rings (SSSR count). The van der Waals surface area contributed by atoms with Gasteiger partial charge in [-0.3, -0.25) is 14.6 Å². The Hall–Kier alpha value is -2.19. The van der Waals surface area contributed by atoms with Gasteiger partial charge in [0.2, 0.25) is 5.91 Å². The van der Waals surface area contributed by atoms with E-state index in [2.05, 4.69) is 20.2 Å². The Morgan fingerprint density at radius 1 is 1.23 bits per heavy atom. The van der Waals surface area contributed by atoms with Crippen LogP contribution in [-0.4, -0.2) is 34.7 Å². The van der Waals surface area contributed by atoms with Crippen molar-refractivity contribution in [3.63, 3.8) is 0 Å². The van der Waals surface area contributed by atoms with Crippen LogP contribution in [-0.2, 0) is 4.79 Å². The third-order valence-electron chi connectivity index (χ3n) is 4.08. The summed E-state index contributed by atoms with van der Waals surface area (Å²) in [7, 11) is 0. The van der Waals surface area contributed by atoms with Crippen LogP contribution in [0.5, 0.6) is 0 Å².